The number of ether oxygens (including phenoxy) is 2. The third-order valence-corrected chi connectivity index (χ3v) is 11.4. The van der Waals surface area contributed by atoms with Gasteiger partial charge in [-0.2, -0.15) is 0 Å². The van der Waals surface area contributed by atoms with E-state index >= 15 is 0 Å². The molecule has 0 saturated carbocycles. The lowest BCUT2D eigenvalue weighted by molar-refractivity contribution is -0.162. The number of rotatable bonds is 17. The van der Waals surface area contributed by atoms with Crippen molar-refractivity contribution < 1.29 is 33.8 Å². The molecule has 3 saturated heterocycles. The van der Waals surface area contributed by atoms with Crippen LogP contribution in [0.4, 0.5) is 0 Å². The zero-order chi connectivity index (χ0) is 36.9. The number of aliphatic hydroxyl groups excluding tert-OH is 1. The highest BCUT2D eigenvalue weighted by atomic mass is 79.9. The van der Waals surface area contributed by atoms with Crippen LogP contribution in [0.3, 0.4) is 0 Å². The first-order chi connectivity index (χ1) is 24.5. The van der Waals surface area contributed by atoms with E-state index in [9.17, 15) is 24.3 Å². The van der Waals surface area contributed by atoms with Crippen molar-refractivity contribution in [3.8, 4) is 0 Å². The Morgan fingerprint density at radius 1 is 1.10 bits per heavy atom. The van der Waals surface area contributed by atoms with E-state index < -0.39 is 66.3 Å². The van der Waals surface area contributed by atoms with Gasteiger partial charge in [-0.05, 0) is 44.2 Å². The van der Waals surface area contributed by atoms with E-state index in [2.05, 4.69) is 34.4 Å². The number of nitrogens with one attached hydrogen (secondary N) is 1. The molecule has 10 nitrogen and oxygen atoms in total. The number of alkyl halides is 1. The maximum Gasteiger partial charge on any atom is 0.313 e. The van der Waals surface area contributed by atoms with Crippen molar-refractivity contribution in [3.63, 3.8) is 0 Å². The highest BCUT2D eigenvalue weighted by molar-refractivity contribution is 9.09. The quantitative estimate of drug-likeness (QED) is 0.125. The standard InChI is InChI=1S/C40H50BrN3O7/c1-6-9-21-31(46)42-26(5)34(28-19-14-11-15-20-28)50-39(49)32-33-37(47)44(30(24-45)27-17-12-10-13-18-27)36(40(33)23-29(41)35(32)51-40)38(48)43(22-8-3)25(4)16-7-2/h6,8,10-15,17-20,25-26,29-30,32-36,45H,1,3,7,9,16,21-24H2,2,4-5H3,(H,42,46)/t25?,26-,29?,30-,32+,33-,34-,35+,36+,40-/m1/s1. The summed E-state index contributed by atoms with van der Waals surface area (Å²) in [4.78, 5) is 60.0. The van der Waals surface area contributed by atoms with Crippen LogP contribution in [0.1, 0.15) is 76.1 Å². The fourth-order valence-electron chi connectivity index (χ4n) is 8.28. The number of hydrogen-bond acceptors (Lipinski definition) is 7. The summed E-state index contributed by atoms with van der Waals surface area (Å²) in [6.45, 7) is 13.2. The summed E-state index contributed by atoms with van der Waals surface area (Å²) in [5, 5.41) is 13.8. The van der Waals surface area contributed by atoms with Gasteiger partial charge >= 0.3 is 5.97 Å². The Morgan fingerprint density at radius 3 is 2.33 bits per heavy atom. The smallest absolute Gasteiger partial charge is 0.313 e. The van der Waals surface area contributed by atoms with Gasteiger partial charge in [0.15, 0.2) is 0 Å². The van der Waals surface area contributed by atoms with Crippen molar-refractivity contribution in [2.24, 2.45) is 11.8 Å². The molecular weight excluding hydrogens is 714 g/mol. The first-order valence-electron chi connectivity index (χ1n) is 17.9. The van der Waals surface area contributed by atoms with Crippen molar-refractivity contribution in [1.29, 1.82) is 0 Å². The molecule has 3 heterocycles. The fourth-order valence-corrected chi connectivity index (χ4v) is 9.22. The monoisotopic (exact) mass is 763 g/mol. The minimum atomic E-state index is -1.36. The number of nitrogens with zero attached hydrogens (tertiary/aromatic N) is 2. The van der Waals surface area contributed by atoms with Crippen molar-refractivity contribution in [1.82, 2.24) is 15.1 Å². The Kier molecular flexibility index (Phi) is 12.6. The van der Waals surface area contributed by atoms with Crippen LogP contribution in [0.2, 0.25) is 0 Å². The number of benzene rings is 2. The van der Waals surface area contributed by atoms with E-state index in [4.69, 9.17) is 9.47 Å². The summed E-state index contributed by atoms with van der Waals surface area (Å²) < 4.78 is 13.1. The van der Waals surface area contributed by atoms with Gasteiger partial charge < -0.3 is 29.7 Å². The minimum absolute atomic E-state index is 0.161. The van der Waals surface area contributed by atoms with Crippen LogP contribution in [0.25, 0.3) is 0 Å². The van der Waals surface area contributed by atoms with Crippen LogP contribution in [0, 0.1) is 11.8 Å². The summed E-state index contributed by atoms with van der Waals surface area (Å²) >= 11 is 3.75. The topological polar surface area (TPSA) is 125 Å². The van der Waals surface area contributed by atoms with Crippen LogP contribution in [0.5, 0.6) is 0 Å². The first kappa shape index (κ1) is 38.4. The third kappa shape index (κ3) is 7.43. The van der Waals surface area contributed by atoms with Gasteiger partial charge in [0.25, 0.3) is 0 Å². The van der Waals surface area contributed by atoms with Gasteiger partial charge in [-0.3, -0.25) is 19.2 Å². The number of likely N-dealkylation sites (tertiary alicyclic amines) is 1. The Labute approximate surface area is 309 Å². The van der Waals surface area contributed by atoms with E-state index in [1.807, 2.05) is 74.5 Å². The van der Waals surface area contributed by atoms with Crippen LogP contribution in [-0.4, -0.2) is 86.4 Å². The largest absolute Gasteiger partial charge is 0.455 e. The Hall–Kier alpha value is -3.80. The molecule has 0 aliphatic carbocycles. The third-order valence-electron chi connectivity index (χ3n) is 10.6. The molecule has 5 rings (SSSR count). The minimum Gasteiger partial charge on any atom is -0.455 e. The molecule has 0 radical (unpaired) electrons. The summed E-state index contributed by atoms with van der Waals surface area (Å²) in [6.07, 6.45) is 4.35. The summed E-state index contributed by atoms with van der Waals surface area (Å²) in [5.74, 6) is -3.71. The molecular formula is C40H50BrN3O7. The Morgan fingerprint density at radius 2 is 1.75 bits per heavy atom. The summed E-state index contributed by atoms with van der Waals surface area (Å²) in [5.41, 5.74) is -0.0243. The molecule has 10 atom stereocenters. The number of hydrogen-bond donors (Lipinski definition) is 2. The van der Waals surface area contributed by atoms with Gasteiger partial charge in [-0.1, -0.05) is 102 Å². The number of carbonyl (C=O) groups is 4. The molecule has 3 fully saturated rings. The van der Waals surface area contributed by atoms with Crippen molar-refractivity contribution in [2.75, 3.05) is 13.2 Å². The molecule has 3 aliphatic rings. The van der Waals surface area contributed by atoms with Crippen molar-refractivity contribution in [2.45, 2.75) is 99.7 Å². The molecule has 2 aromatic carbocycles. The molecule has 3 amide bonds. The Balaban J connectivity index is 1.56. The summed E-state index contributed by atoms with van der Waals surface area (Å²) in [6, 6.07) is 15.5. The highest BCUT2D eigenvalue weighted by Gasteiger charge is 2.77. The lowest BCUT2D eigenvalue weighted by atomic mass is 9.70. The average molecular weight is 765 g/mol. The maximum atomic E-state index is 14.9. The zero-order valence-electron chi connectivity index (χ0n) is 29.7. The van der Waals surface area contributed by atoms with Gasteiger partial charge in [0, 0.05) is 23.8 Å². The van der Waals surface area contributed by atoms with Crippen molar-refractivity contribution >= 4 is 39.6 Å². The van der Waals surface area contributed by atoms with Gasteiger partial charge in [0.05, 0.1) is 36.6 Å². The molecule has 2 aromatic rings. The van der Waals surface area contributed by atoms with E-state index in [0.29, 0.717) is 24.0 Å². The SMILES string of the molecule is C=CCCC(=O)N[C@H](C)[C@@H](OC(=O)[C@@H]1[C@H]2O[C@@]3(CC2Br)[C@H](C(=O)N(CC=C)C(C)CCC)N([C@H](CO)c2ccccc2)C(=O)[C@@H]13)c1ccccc1. The predicted octanol–water partition coefficient (Wildman–Crippen LogP) is 5.43. The zero-order valence-corrected chi connectivity index (χ0v) is 31.2. The van der Waals surface area contributed by atoms with Gasteiger partial charge in [0.1, 0.15) is 17.7 Å². The van der Waals surface area contributed by atoms with Crippen LogP contribution < -0.4 is 5.32 Å². The lowest BCUT2D eigenvalue weighted by Crippen LogP contribution is -2.58. The lowest BCUT2D eigenvalue weighted by Gasteiger charge is -2.41. The number of aliphatic hydroxyl groups is 1. The van der Waals surface area contributed by atoms with E-state index in [0.717, 1.165) is 12.8 Å². The Bertz CT molecular complexity index is 1570. The second kappa shape index (κ2) is 16.7. The fraction of sp³-hybridized carbons (Fsp3) is 0.500. The molecule has 2 N–H and O–H groups in total. The van der Waals surface area contributed by atoms with Crippen LogP contribution in [0.15, 0.2) is 86.0 Å². The number of fused-ring (bicyclic) bond motifs is 1. The van der Waals surface area contributed by atoms with E-state index in [-0.39, 0.29) is 35.6 Å². The summed E-state index contributed by atoms with van der Waals surface area (Å²) in [7, 11) is 0. The molecule has 2 bridgehead atoms. The van der Waals surface area contributed by atoms with Crippen LogP contribution >= 0.6 is 15.9 Å². The average Bonchev–Trinajstić information content (AvgIpc) is 3.72. The number of carbonyl (C=O) groups excluding carboxylic acids is 4. The number of halogens is 1. The first-order valence-corrected chi connectivity index (χ1v) is 18.8. The molecule has 51 heavy (non-hydrogen) atoms. The molecule has 274 valence electrons. The molecule has 0 aromatic heterocycles. The predicted molar refractivity (Wildman–Crippen MR) is 197 cm³/mol. The van der Waals surface area contributed by atoms with Crippen LogP contribution in [-0.2, 0) is 28.7 Å². The molecule has 2 unspecified atom stereocenters. The number of allylic oxidation sites excluding steroid dienone is 1. The normalized spacial score (nSPS) is 27.2. The van der Waals surface area contributed by atoms with Crippen molar-refractivity contribution in [3.05, 3.63) is 97.1 Å². The second-order valence-corrected chi connectivity index (χ2v) is 15.1. The number of esters is 1. The molecule has 1 spiro atoms. The highest BCUT2D eigenvalue weighted by Crippen LogP contribution is 2.61. The second-order valence-electron chi connectivity index (χ2n) is 13.9. The van der Waals surface area contributed by atoms with E-state index in [1.54, 1.807) is 24.0 Å². The van der Waals surface area contributed by atoms with Gasteiger partial charge in [0.2, 0.25) is 17.7 Å². The number of amides is 3. The molecule has 11 heteroatoms. The van der Waals surface area contributed by atoms with Gasteiger partial charge in [-0.15, -0.1) is 13.2 Å². The maximum absolute atomic E-state index is 14.9. The van der Waals surface area contributed by atoms with E-state index in [1.165, 1.54) is 4.90 Å². The van der Waals surface area contributed by atoms with Gasteiger partial charge in [-0.25, -0.2) is 0 Å². The molecule has 3 aliphatic heterocycles.